The van der Waals surface area contributed by atoms with Crippen molar-refractivity contribution >= 4 is 35.0 Å². The monoisotopic (exact) mass is 528 g/mol. The summed E-state index contributed by atoms with van der Waals surface area (Å²) in [5.74, 6) is 1.01. The third-order valence-corrected chi connectivity index (χ3v) is 8.31. The molecule has 1 fully saturated rings. The minimum atomic E-state index is 0. The first-order chi connectivity index (χ1) is 18.0. The molecule has 4 aromatic rings. The average molecular weight is 529 g/mol. The maximum atomic E-state index is 13.6. The normalized spacial score (nSPS) is 15.3. The molecule has 38 heavy (non-hydrogen) atoms. The molecule has 0 atom stereocenters. The fourth-order valence-corrected chi connectivity index (χ4v) is 6.10. The number of fused-ring (bicyclic) bond motifs is 2. The number of rotatable bonds is 4. The number of benzene rings is 2. The highest BCUT2D eigenvalue weighted by Crippen LogP contribution is 2.36. The Balaban J connectivity index is 0.00000294. The van der Waals surface area contributed by atoms with Crippen molar-refractivity contribution in [2.45, 2.75) is 59.5 Å². The van der Waals surface area contributed by atoms with Gasteiger partial charge in [0, 0.05) is 43.8 Å². The lowest BCUT2D eigenvalue weighted by Gasteiger charge is -2.31. The number of carbonyl (C=O) groups is 1. The second-order valence-corrected chi connectivity index (χ2v) is 10.8. The van der Waals surface area contributed by atoms with Gasteiger partial charge in [0.05, 0.1) is 5.52 Å². The Bertz CT molecular complexity index is 1480. The molecular weight excluding hydrogens is 492 g/mol. The van der Waals surface area contributed by atoms with Gasteiger partial charge in [0.1, 0.15) is 5.69 Å². The van der Waals surface area contributed by atoms with Crippen molar-refractivity contribution in [3.05, 3.63) is 93.8 Å². The summed E-state index contributed by atoms with van der Waals surface area (Å²) in [6.07, 6.45) is 4.35. The Labute approximate surface area is 231 Å². The topological polar surface area (TPSA) is 41.4 Å². The van der Waals surface area contributed by atoms with E-state index < -0.39 is 0 Å². The van der Waals surface area contributed by atoms with E-state index in [1.54, 1.807) is 0 Å². The highest BCUT2D eigenvalue weighted by Gasteiger charge is 2.27. The fourth-order valence-electron chi connectivity index (χ4n) is 6.10. The number of pyridine rings is 1. The number of nitrogens with zero attached hydrogens (tertiary/aromatic N) is 4. The number of anilines is 1. The van der Waals surface area contributed by atoms with Crippen LogP contribution in [-0.4, -0.2) is 40.0 Å². The van der Waals surface area contributed by atoms with E-state index in [2.05, 4.69) is 84.8 Å². The maximum Gasteiger partial charge on any atom is 0.272 e. The largest absolute Gasteiger partial charge is 0.350 e. The van der Waals surface area contributed by atoms with Gasteiger partial charge in [0.25, 0.3) is 5.91 Å². The van der Waals surface area contributed by atoms with Crippen molar-refractivity contribution in [2.24, 2.45) is 0 Å². The van der Waals surface area contributed by atoms with E-state index in [1.807, 2.05) is 4.90 Å². The van der Waals surface area contributed by atoms with Gasteiger partial charge in [-0.05, 0) is 74.8 Å². The lowest BCUT2D eigenvalue weighted by atomic mass is 9.99. The van der Waals surface area contributed by atoms with Gasteiger partial charge in [-0.3, -0.25) is 4.79 Å². The minimum Gasteiger partial charge on any atom is -0.350 e. The number of aromatic nitrogens is 2. The van der Waals surface area contributed by atoms with Gasteiger partial charge in [0.15, 0.2) is 5.82 Å². The van der Waals surface area contributed by atoms with Crippen LogP contribution in [0.3, 0.4) is 0 Å². The van der Waals surface area contributed by atoms with Gasteiger partial charge in [-0.1, -0.05) is 54.1 Å². The molecule has 0 spiro atoms. The Kier molecular flexibility index (Phi) is 7.49. The Morgan fingerprint density at radius 3 is 2.42 bits per heavy atom. The number of likely N-dealkylation sites (tertiary alicyclic amines) is 1. The molecule has 2 aromatic carbocycles. The molecule has 0 aliphatic carbocycles. The van der Waals surface area contributed by atoms with Crippen LogP contribution in [0, 0.1) is 20.8 Å². The van der Waals surface area contributed by atoms with E-state index in [4.69, 9.17) is 4.98 Å². The van der Waals surface area contributed by atoms with Crippen molar-refractivity contribution in [1.82, 2.24) is 14.5 Å². The van der Waals surface area contributed by atoms with Crippen molar-refractivity contribution in [3.8, 4) is 0 Å². The predicted molar refractivity (Wildman–Crippen MR) is 158 cm³/mol. The molecule has 4 heterocycles. The van der Waals surface area contributed by atoms with Gasteiger partial charge < -0.3 is 14.4 Å². The third-order valence-electron chi connectivity index (χ3n) is 8.31. The summed E-state index contributed by atoms with van der Waals surface area (Å²) in [4.78, 5) is 23.2. The first-order valence-electron chi connectivity index (χ1n) is 13.7. The molecule has 198 valence electrons. The zero-order valence-corrected chi connectivity index (χ0v) is 23.5. The summed E-state index contributed by atoms with van der Waals surface area (Å²) >= 11 is 0. The van der Waals surface area contributed by atoms with Gasteiger partial charge in [-0.15, -0.1) is 12.4 Å². The zero-order valence-electron chi connectivity index (χ0n) is 22.7. The number of halogens is 1. The number of piperidine rings is 1. The minimum absolute atomic E-state index is 0. The van der Waals surface area contributed by atoms with Crippen molar-refractivity contribution in [3.63, 3.8) is 0 Å². The van der Waals surface area contributed by atoms with E-state index >= 15 is 0 Å². The van der Waals surface area contributed by atoms with Gasteiger partial charge in [0.2, 0.25) is 0 Å². The summed E-state index contributed by atoms with van der Waals surface area (Å²) in [6.45, 7) is 10.7. The van der Waals surface area contributed by atoms with Crippen LogP contribution in [0.25, 0.3) is 10.9 Å². The fraction of sp³-hybridized carbons (Fsp3) is 0.375. The van der Waals surface area contributed by atoms with Crippen molar-refractivity contribution in [1.29, 1.82) is 0 Å². The van der Waals surface area contributed by atoms with Crippen molar-refractivity contribution in [2.75, 3.05) is 24.5 Å². The number of hydrogen-bond donors (Lipinski definition) is 0. The Morgan fingerprint density at radius 2 is 1.66 bits per heavy atom. The molecule has 0 bridgehead atoms. The van der Waals surface area contributed by atoms with Crippen LogP contribution in [0.2, 0.25) is 0 Å². The smallest absolute Gasteiger partial charge is 0.272 e. The van der Waals surface area contributed by atoms with Gasteiger partial charge in [-0.25, -0.2) is 4.98 Å². The number of amides is 1. The van der Waals surface area contributed by atoms with Crippen LogP contribution in [0.5, 0.6) is 0 Å². The number of carbonyl (C=O) groups excluding carboxylic acids is 1. The van der Waals surface area contributed by atoms with Gasteiger partial charge in [-0.2, -0.15) is 0 Å². The molecule has 0 unspecified atom stereocenters. The molecule has 6 rings (SSSR count). The SMILES string of the molecule is Cc1cccc(Cn2c(C)c(C)c3cc(C(=O)N4CCCCC4)nc(N4CCc5ccccc5C4)c32)c1.Cl. The molecule has 0 radical (unpaired) electrons. The summed E-state index contributed by atoms with van der Waals surface area (Å²) in [5, 5.41) is 1.15. The van der Waals surface area contributed by atoms with Crippen LogP contribution < -0.4 is 4.90 Å². The van der Waals surface area contributed by atoms with Gasteiger partial charge >= 0.3 is 0 Å². The first-order valence-corrected chi connectivity index (χ1v) is 13.7. The summed E-state index contributed by atoms with van der Waals surface area (Å²) in [7, 11) is 0. The quantitative estimate of drug-likeness (QED) is 0.299. The van der Waals surface area contributed by atoms with Crippen LogP contribution in [0.4, 0.5) is 5.82 Å². The van der Waals surface area contributed by atoms with E-state index in [-0.39, 0.29) is 18.3 Å². The molecule has 5 nitrogen and oxygen atoms in total. The molecule has 2 aromatic heterocycles. The summed E-state index contributed by atoms with van der Waals surface area (Å²) in [5.41, 5.74) is 9.51. The van der Waals surface area contributed by atoms with E-state index in [0.29, 0.717) is 5.69 Å². The number of hydrogen-bond acceptors (Lipinski definition) is 3. The summed E-state index contributed by atoms with van der Waals surface area (Å²) in [6, 6.07) is 19.5. The van der Waals surface area contributed by atoms with Crippen LogP contribution in [-0.2, 0) is 19.5 Å². The third kappa shape index (κ3) is 4.80. The first kappa shape index (κ1) is 26.3. The molecule has 1 amide bonds. The Hall–Kier alpha value is -3.31. The second-order valence-electron chi connectivity index (χ2n) is 10.8. The molecule has 0 saturated carbocycles. The van der Waals surface area contributed by atoms with E-state index in [9.17, 15) is 4.79 Å². The lowest BCUT2D eigenvalue weighted by Crippen LogP contribution is -2.37. The van der Waals surface area contributed by atoms with Crippen LogP contribution in [0.15, 0.2) is 54.6 Å². The standard InChI is InChI=1S/C32H36N4O.ClH/c1-22-10-9-11-25(18-22)20-36-24(3)23(2)28-19-29(32(37)34-15-7-4-8-16-34)33-31(30(28)36)35-17-14-26-12-5-6-13-27(26)21-35;/h5-6,9-13,18-19H,4,7-8,14-17,20-21H2,1-3H3;1H. The highest BCUT2D eigenvalue weighted by atomic mass is 35.5. The Morgan fingerprint density at radius 1 is 0.895 bits per heavy atom. The average Bonchev–Trinajstić information content (AvgIpc) is 3.17. The van der Waals surface area contributed by atoms with E-state index in [1.165, 1.54) is 39.9 Å². The highest BCUT2D eigenvalue weighted by molar-refractivity contribution is 6.01. The maximum absolute atomic E-state index is 13.6. The predicted octanol–water partition coefficient (Wildman–Crippen LogP) is 6.62. The molecule has 2 aliphatic rings. The lowest BCUT2D eigenvalue weighted by molar-refractivity contribution is 0.0718. The molecular formula is C32H37ClN4O. The summed E-state index contributed by atoms with van der Waals surface area (Å²) < 4.78 is 2.41. The van der Waals surface area contributed by atoms with Crippen LogP contribution >= 0.6 is 12.4 Å². The van der Waals surface area contributed by atoms with E-state index in [0.717, 1.165) is 68.7 Å². The van der Waals surface area contributed by atoms with Crippen LogP contribution in [0.1, 0.15) is 63.3 Å². The second kappa shape index (κ2) is 10.8. The molecule has 0 N–H and O–H groups in total. The molecule has 6 heteroatoms. The van der Waals surface area contributed by atoms with Crippen molar-refractivity contribution < 1.29 is 4.79 Å². The zero-order chi connectivity index (χ0) is 25.5. The molecule has 2 aliphatic heterocycles. The molecule has 1 saturated heterocycles. The number of aryl methyl sites for hydroxylation is 2.